The van der Waals surface area contributed by atoms with E-state index in [9.17, 15) is 31.2 Å². The van der Waals surface area contributed by atoms with Crippen molar-refractivity contribution in [1.82, 2.24) is 13.9 Å². The van der Waals surface area contributed by atoms with Crippen molar-refractivity contribution < 1.29 is 21.6 Å². The average molecular weight is 391 g/mol. The molecule has 0 saturated carbocycles. The number of nitrogens with one attached hydrogen (secondary N) is 1. The molecular formula is C15H16F3N3O4S. The van der Waals surface area contributed by atoms with Crippen LogP contribution in [0.4, 0.5) is 13.2 Å². The van der Waals surface area contributed by atoms with Gasteiger partial charge in [-0.1, -0.05) is 12.1 Å². The van der Waals surface area contributed by atoms with Crippen LogP contribution in [0.15, 0.2) is 44.9 Å². The smallest absolute Gasteiger partial charge is 0.302 e. The van der Waals surface area contributed by atoms with Crippen molar-refractivity contribution in [3.63, 3.8) is 0 Å². The first-order valence-corrected chi connectivity index (χ1v) is 8.79. The molecule has 2 aromatic rings. The first-order chi connectivity index (χ1) is 11.8. The zero-order valence-electron chi connectivity index (χ0n) is 14.0. The standard InChI is InChI=1S/C15H16F3N3O4S/c1-9(10-5-4-6-11(7-10)15(16,17)18)19-26(24,25)12-8-20(2)14(23)21(3)13(12)22/h4-9,19H,1-3H3/t9-/m0/s1. The summed E-state index contributed by atoms with van der Waals surface area (Å²) < 4.78 is 67.0. The van der Waals surface area contributed by atoms with Crippen LogP contribution < -0.4 is 16.0 Å². The van der Waals surface area contributed by atoms with Crippen LogP contribution in [0.2, 0.25) is 0 Å². The molecule has 0 aliphatic heterocycles. The van der Waals surface area contributed by atoms with Gasteiger partial charge in [-0.3, -0.25) is 9.36 Å². The van der Waals surface area contributed by atoms with Crippen molar-refractivity contribution in [2.45, 2.75) is 24.0 Å². The Labute approximate surface area is 146 Å². The Balaban J connectivity index is 2.42. The van der Waals surface area contributed by atoms with Crippen molar-refractivity contribution in [2.24, 2.45) is 14.1 Å². The molecule has 1 N–H and O–H groups in total. The van der Waals surface area contributed by atoms with Crippen LogP contribution in [-0.2, 0) is 30.3 Å². The molecule has 142 valence electrons. The molecule has 1 atom stereocenters. The van der Waals surface area contributed by atoms with E-state index in [-0.39, 0.29) is 5.56 Å². The Morgan fingerprint density at radius 3 is 2.35 bits per heavy atom. The molecule has 11 heteroatoms. The SMILES string of the molecule is C[C@H](NS(=O)(=O)c1cn(C)c(=O)n(C)c1=O)c1cccc(C(F)(F)F)c1. The third-order valence-electron chi connectivity index (χ3n) is 3.75. The van der Waals surface area contributed by atoms with Gasteiger partial charge in [-0.25, -0.2) is 17.9 Å². The number of sulfonamides is 1. The fourth-order valence-electron chi connectivity index (χ4n) is 2.31. The van der Waals surface area contributed by atoms with Crippen molar-refractivity contribution in [1.29, 1.82) is 0 Å². The van der Waals surface area contributed by atoms with Crippen molar-refractivity contribution in [2.75, 3.05) is 0 Å². The Morgan fingerprint density at radius 2 is 1.77 bits per heavy atom. The quantitative estimate of drug-likeness (QED) is 0.847. The Morgan fingerprint density at radius 1 is 1.15 bits per heavy atom. The van der Waals surface area contributed by atoms with Crippen molar-refractivity contribution in [3.05, 3.63) is 62.4 Å². The fraction of sp³-hybridized carbons (Fsp3) is 0.333. The molecule has 0 aliphatic carbocycles. The molecule has 0 radical (unpaired) electrons. The Hall–Kier alpha value is -2.40. The van der Waals surface area contributed by atoms with Gasteiger partial charge in [0.05, 0.1) is 5.56 Å². The number of alkyl halides is 3. The van der Waals surface area contributed by atoms with Gasteiger partial charge in [0.15, 0.2) is 4.90 Å². The van der Waals surface area contributed by atoms with Crippen molar-refractivity contribution >= 4 is 10.0 Å². The maximum Gasteiger partial charge on any atom is 0.416 e. The Bertz CT molecular complexity index is 1060. The van der Waals surface area contributed by atoms with Crippen LogP contribution in [0, 0.1) is 0 Å². The summed E-state index contributed by atoms with van der Waals surface area (Å²) in [4.78, 5) is 23.0. The summed E-state index contributed by atoms with van der Waals surface area (Å²) in [6.07, 6.45) is -3.70. The highest BCUT2D eigenvalue weighted by Crippen LogP contribution is 2.30. The summed E-state index contributed by atoms with van der Waals surface area (Å²) in [7, 11) is -1.97. The van der Waals surface area contributed by atoms with Crippen molar-refractivity contribution in [3.8, 4) is 0 Å². The molecule has 0 bridgehead atoms. The summed E-state index contributed by atoms with van der Waals surface area (Å²) in [6.45, 7) is 1.35. The number of hydrogen-bond acceptors (Lipinski definition) is 4. The second-order valence-corrected chi connectivity index (χ2v) is 7.40. The first-order valence-electron chi connectivity index (χ1n) is 7.30. The minimum atomic E-state index is -4.57. The average Bonchev–Trinajstić information content (AvgIpc) is 2.55. The van der Waals surface area contributed by atoms with Gasteiger partial charge in [-0.15, -0.1) is 0 Å². The monoisotopic (exact) mass is 391 g/mol. The molecule has 0 unspecified atom stereocenters. The second-order valence-electron chi connectivity index (χ2n) is 5.72. The van der Waals surface area contributed by atoms with E-state index in [0.29, 0.717) is 4.57 Å². The van der Waals surface area contributed by atoms with Gasteiger partial charge in [0.1, 0.15) is 0 Å². The van der Waals surface area contributed by atoms with Gasteiger partial charge in [-0.05, 0) is 24.6 Å². The van der Waals surface area contributed by atoms with E-state index in [1.165, 1.54) is 20.0 Å². The molecular weight excluding hydrogens is 375 g/mol. The lowest BCUT2D eigenvalue weighted by Crippen LogP contribution is -2.41. The normalized spacial score (nSPS) is 13.6. The molecule has 0 saturated heterocycles. The summed E-state index contributed by atoms with van der Waals surface area (Å²) in [5.41, 5.74) is -2.58. The number of nitrogens with zero attached hydrogens (tertiary/aromatic N) is 2. The van der Waals surface area contributed by atoms with Crippen LogP contribution >= 0.6 is 0 Å². The van der Waals surface area contributed by atoms with E-state index in [0.717, 1.165) is 36.0 Å². The minimum Gasteiger partial charge on any atom is -0.302 e. The number of aromatic nitrogens is 2. The van der Waals surface area contributed by atoms with Crippen LogP contribution in [0.5, 0.6) is 0 Å². The molecule has 0 fully saturated rings. The molecule has 1 aromatic carbocycles. The highest BCUT2D eigenvalue weighted by Gasteiger charge is 2.31. The number of benzene rings is 1. The van der Waals surface area contributed by atoms with Gasteiger partial charge in [0.2, 0.25) is 10.0 Å². The lowest BCUT2D eigenvalue weighted by Gasteiger charge is -2.16. The largest absolute Gasteiger partial charge is 0.416 e. The molecule has 7 nitrogen and oxygen atoms in total. The molecule has 1 heterocycles. The third-order valence-corrected chi connectivity index (χ3v) is 5.27. The fourth-order valence-corrected chi connectivity index (χ4v) is 3.70. The summed E-state index contributed by atoms with van der Waals surface area (Å²) in [6, 6.07) is 3.15. The second kappa shape index (κ2) is 6.72. The van der Waals surface area contributed by atoms with Crippen LogP contribution in [-0.4, -0.2) is 17.6 Å². The van der Waals surface area contributed by atoms with E-state index in [2.05, 4.69) is 4.72 Å². The highest BCUT2D eigenvalue weighted by atomic mass is 32.2. The predicted molar refractivity (Wildman–Crippen MR) is 87.1 cm³/mol. The van der Waals surface area contributed by atoms with Gasteiger partial charge >= 0.3 is 11.9 Å². The molecule has 0 spiro atoms. The molecule has 2 rings (SSSR count). The summed E-state index contributed by atoms with van der Waals surface area (Å²) >= 11 is 0. The predicted octanol–water partition coefficient (Wildman–Crippen LogP) is 1.14. The van der Waals surface area contributed by atoms with E-state index >= 15 is 0 Å². The van der Waals surface area contributed by atoms with E-state index < -0.39 is 43.9 Å². The molecule has 0 aliphatic rings. The van der Waals surface area contributed by atoms with Crippen LogP contribution in [0.1, 0.15) is 24.1 Å². The lowest BCUT2D eigenvalue weighted by molar-refractivity contribution is -0.137. The number of hydrogen-bond donors (Lipinski definition) is 1. The number of aryl methyl sites for hydroxylation is 1. The number of halogens is 3. The highest BCUT2D eigenvalue weighted by molar-refractivity contribution is 7.89. The first kappa shape index (κ1) is 19.9. The van der Waals surface area contributed by atoms with Gasteiger partial charge in [0.25, 0.3) is 5.56 Å². The molecule has 0 amide bonds. The summed E-state index contributed by atoms with van der Waals surface area (Å²) in [5, 5.41) is 0. The van der Waals surface area contributed by atoms with E-state index in [1.807, 2.05) is 0 Å². The molecule has 26 heavy (non-hydrogen) atoms. The van der Waals surface area contributed by atoms with Gasteiger partial charge < -0.3 is 4.57 Å². The maximum atomic E-state index is 12.8. The van der Waals surface area contributed by atoms with Crippen LogP contribution in [0.25, 0.3) is 0 Å². The topological polar surface area (TPSA) is 90.2 Å². The van der Waals surface area contributed by atoms with Crippen LogP contribution in [0.3, 0.4) is 0 Å². The van der Waals surface area contributed by atoms with E-state index in [4.69, 9.17) is 0 Å². The molecule has 1 aromatic heterocycles. The maximum absolute atomic E-state index is 12.8. The Kier molecular flexibility index (Phi) is 5.15. The zero-order chi connectivity index (χ0) is 19.9. The zero-order valence-corrected chi connectivity index (χ0v) is 14.9. The van der Waals surface area contributed by atoms with Gasteiger partial charge in [-0.2, -0.15) is 13.2 Å². The van der Waals surface area contributed by atoms with Gasteiger partial charge in [0, 0.05) is 26.3 Å². The summed E-state index contributed by atoms with van der Waals surface area (Å²) in [5.74, 6) is 0. The third kappa shape index (κ3) is 3.88. The van der Waals surface area contributed by atoms with E-state index in [1.54, 1.807) is 0 Å². The lowest BCUT2D eigenvalue weighted by atomic mass is 10.1. The minimum absolute atomic E-state index is 0.0741. The number of rotatable bonds is 4.